The summed E-state index contributed by atoms with van der Waals surface area (Å²) in [5, 5.41) is 12.3. The van der Waals surface area contributed by atoms with Crippen molar-refractivity contribution in [2.45, 2.75) is 20.8 Å². The van der Waals surface area contributed by atoms with E-state index in [9.17, 15) is 9.90 Å². The number of aliphatic hydroxyl groups is 1. The third-order valence-corrected chi connectivity index (χ3v) is 2.10. The molecule has 1 aliphatic rings. The van der Waals surface area contributed by atoms with E-state index < -0.39 is 5.97 Å². The van der Waals surface area contributed by atoms with Crippen LogP contribution in [0.4, 0.5) is 0 Å². The molecular weight excluding hydrogens is 222 g/mol. The smallest absolute Gasteiger partial charge is 0.344 e. The molecule has 1 aliphatic heterocycles. The monoisotopic (exact) mass is 239 g/mol. The molecule has 0 spiro atoms. The fourth-order valence-electron chi connectivity index (χ4n) is 1.45. The highest BCUT2D eigenvalue weighted by Crippen LogP contribution is 2.22. The second-order valence-corrected chi connectivity index (χ2v) is 3.33. The first-order valence-corrected chi connectivity index (χ1v) is 5.49. The summed E-state index contributed by atoms with van der Waals surface area (Å²) >= 11 is 0. The van der Waals surface area contributed by atoms with Gasteiger partial charge in [-0.15, -0.1) is 0 Å². The van der Waals surface area contributed by atoms with Crippen LogP contribution in [0.2, 0.25) is 0 Å². The molecule has 1 rings (SSSR count). The first-order chi connectivity index (χ1) is 8.11. The number of aliphatic hydroxyl groups excluding tert-OH is 1. The van der Waals surface area contributed by atoms with Crippen LogP contribution in [0.5, 0.6) is 0 Å². The average Bonchev–Trinajstić information content (AvgIpc) is 2.29. The van der Waals surface area contributed by atoms with Crippen molar-refractivity contribution in [3.8, 4) is 0 Å². The molecule has 0 fully saturated rings. The van der Waals surface area contributed by atoms with Gasteiger partial charge < -0.3 is 19.9 Å². The zero-order valence-electron chi connectivity index (χ0n) is 10.2. The van der Waals surface area contributed by atoms with Gasteiger partial charge in [0.2, 0.25) is 0 Å². The number of ether oxygens (including phenoxy) is 2. The van der Waals surface area contributed by atoms with Gasteiger partial charge in [0, 0.05) is 6.20 Å². The van der Waals surface area contributed by atoms with Gasteiger partial charge in [-0.2, -0.15) is 0 Å². The Hall–Kier alpha value is -1.91. The Bertz CT molecular complexity index is 389. The summed E-state index contributed by atoms with van der Waals surface area (Å²) in [6, 6.07) is 0. The Morgan fingerprint density at radius 1 is 1.41 bits per heavy atom. The summed E-state index contributed by atoms with van der Waals surface area (Å²) in [7, 11) is 0. The van der Waals surface area contributed by atoms with Crippen LogP contribution in [-0.4, -0.2) is 24.3 Å². The van der Waals surface area contributed by atoms with Gasteiger partial charge in [-0.1, -0.05) is 0 Å². The fourth-order valence-corrected chi connectivity index (χ4v) is 1.45. The zero-order valence-corrected chi connectivity index (χ0v) is 10.2. The van der Waals surface area contributed by atoms with Crippen LogP contribution in [0, 0.1) is 0 Å². The fraction of sp³-hybridized carbons (Fsp3) is 0.417. The summed E-state index contributed by atoms with van der Waals surface area (Å²) in [6.45, 7) is 5.73. The molecule has 0 saturated heterocycles. The van der Waals surface area contributed by atoms with Crippen molar-refractivity contribution in [1.82, 2.24) is 5.32 Å². The van der Waals surface area contributed by atoms with E-state index in [4.69, 9.17) is 9.47 Å². The average molecular weight is 239 g/mol. The van der Waals surface area contributed by atoms with Crippen LogP contribution in [0.25, 0.3) is 0 Å². The molecule has 0 atom stereocenters. The van der Waals surface area contributed by atoms with Gasteiger partial charge in [-0.05, 0) is 26.8 Å². The van der Waals surface area contributed by atoms with Gasteiger partial charge >= 0.3 is 5.97 Å². The van der Waals surface area contributed by atoms with Gasteiger partial charge in [0.05, 0.1) is 18.9 Å². The van der Waals surface area contributed by atoms with E-state index in [0.717, 1.165) is 0 Å². The molecule has 0 saturated carbocycles. The number of allylic oxidation sites excluding steroid dienone is 2. The Morgan fingerprint density at radius 2 is 2.12 bits per heavy atom. The molecule has 0 bridgehead atoms. The predicted molar refractivity (Wildman–Crippen MR) is 62.9 cm³/mol. The van der Waals surface area contributed by atoms with E-state index in [1.165, 1.54) is 6.92 Å². The van der Waals surface area contributed by atoms with Crippen molar-refractivity contribution in [3.63, 3.8) is 0 Å². The summed E-state index contributed by atoms with van der Waals surface area (Å²) in [5.74, 6) is -0.112. The highest BCUT2D eigenvalue weighted by molar-refractivity contribution is 5.94. The minimum atomic E-state index is -0.517. The predicted octanol–water partition coefficient (Wildman–Crippen LogP) is 1.75. The molecule has 0 aromatic rings. The summed E-state index contributed by atoms with van der Waals surface area (Å²) in [4.78, 5) is 11.8. The maximum atomic E-state index is 11.8. The van der Waals surface area contributed by atoms with Crippen molar-refractivity contribution in [3.05, 3.63) is 35.1 Å². The number of hydrogen-bond acceptors (Lipinski definition) is 5. The third-order valence-electron chi connectivity index (χ3n) is 2.10. The number of dihydropyridines is 1. The molecule has 0 aromatic carbocycles. The number of hydrogen-bond donors (Lipinski definition) is 2. The van der Waals surface area contributed by atoms with Gasteiger partial charge in [-0.3, -0.25) is 0 Å². The highest BCUT2D eigenvalue weighted by atomic mass is 16.5. The molecule has 17 heavy (non-hydrogen) atoms. The van der Waals surface area contributed by atoms with E-state index >= 15 is 0 Å². The second kappa shape index (κ2) is 5.98. The molecule has 5 heteroatoms. The van der Waals surface area contributed by atoms with E-state index in [0.29, 0.717) is 18.1 Å². The summed E-state index contributed by atoms with van der Waals surface area (Å²) in [6.07, 6.45) is 3.23. The minimum Gasteiger partial charge on any atom is -0.510 e. The van der Waals surface area contributed by atoms with Crippen LogP contribution < -0.4 is 5.32 Å². The maximum Gasteiger partial charge on any atom is 0.344 e. The first kappa shape index (κ1) is 13.2. The van der Waals surface area contributed by atoms with Gasteiger partial charge in [0.25, 0.3) is 0 Å². The number of esters is 1. The van der Waals surface area contributed by atoms with Crippen molar-refractivity contribution < 1.29 is 19.4 Å². The Labute approximate surface area is 100 Å². The lowest BCUT2D eigenvalue weighted by Gasteiger charge is -2.19. The highest BCUT2D eigenvalue weighted by Gasteiger charge is 2.25. The van der Waals surface area contributed by atoms with Crippen molar-refractivity contribution in [1.29, 1.82) is 0 Å². The second-order valence-electron chi connectivity index (χ2n) is 3.33. The molecular formula is C12H17NO4. The van der Waals surface area contributed by atoms with Crippen molar-refractivity contribution >= 4 is 5.97 Å². The summed E-state index contributed by atoms with van der Waals surface area (Å²) < 4.78 is 10.3. The van der Waals surface area contributed by atoms with Crippen molar-refractivity contribution in [2.24, 2.45) is 0 Å². The zero-order chi connectivity index (χ0) is 12.8. The van der Waals surface area contributed by atoms with Crippen LogP contribution in [-0.2, 0) is 14.3 Å². The molecule has 0 aliphatic carbocycles. The number of rotatable bonds is 4. The van der Waals surface area contributed by atoms with E-state index in [1.54, 1.807) is 19.2 Å². The first-order valence-electron chi connectivity index (χ1n) is 5.49. The molecule has 0 aromatic heterocycles. The third kappa shape index (κ3) is 3.03. The minimum absolute atomic E-state index is 0.00889. The number of nitrogens with one attached hydrogen (secondary N) is 1. The molecule has 1 heterocycles. The SMILES string of the molecule is CCOC(=O)C1=C(OCC)C=CN/C1=C(\C)O. The number of carbonyl (C=O) groups is 1. The van der Waals surface area contributed by atoms with Crippen LogP contribution >= 0.6 is 0 Å². The molecule has 0 unspecified atom stereocenters. The van der Waals surface area contributed by atoms with Crippen LogP contribution in [0.1, 0.15) is 20.8 Å². The molecule has 0 amide bonds. The Morgan fingerprint density at radius 3 is 2.65 bits per heavy atom. The van der Waals surface area contributed by atoms with Gasteiger partial charge in [-0.25, -0.2) is 4.79 Å². The van der Waals surface area contributed by atoms with Gasteiger partial charge in [0.15, 0.2) is 0 Å². The molecule has 5 nitrogen and oxygen atoms in total. The molecule has 2 N–H and O–H groups in total. The topological polar surface area (TPSA) is 67.8 Å². The van der Waals surface area contributed by atoms with Crippen molar-refractivity contribution in [2.75, 3.05) is 13.2 Å². The van der Waals surface area contributed by atoms with Crippen LogP contribution in [0.3, 0.4) is 0 Å². The number of carbonyl (C=O) groups excluding carboxylic acids is 1. The largest absolute Gasteiger partial charge is 0.510 e. The summed E-state index contributed by atoms with van der Waals surface area (Å²) in [5.41, 5.74) is 0.533. The van der Waals surface area contributed by atoms with E-state index in [-0.39, 0.29) is 17.9 Å². The lowest BCUT2D eigenvalue weighted by molar-refractivity contribution is -0.138. The maximum absolute atomic E-state index is 11.8. The molecule has 0 radical (unpaired) electrons. The normalized spacial score (nSPS) is 17.6. The Balaban J connectivity index is 3.19. The van der Waals surface area contributed by atoms with Gasteiger partial charge in [0.1, 0.15) is 17.1 Å². The van der Waals surface area contributed by atoms with E-state index in [2.05, 4.69) is 5.32 Å². The lowest BCUT2D eigenvalue weighted by atomic mass is 10.1. The van der Waals surface area contributed by atoms with Crippen LogP contribution in [0.15, 0.2) is 35.1 Å². The Kier molecular flexibility index (Phi) is 4.63. The molecule has 94 valence electrons. The quantitative estimate of drug-likeness (QED) is 0.578. The standard InChI is InChI=1S/C12H17NO4/c1-4-16-9-6-7-13-11(8(3)14)10(9)12(15)17-5-2/h6-7,13-14H,4-5H2,1-3H3/b11-8+. The van der Waals surface area contributed by atoms with E-state index in [1.807, 2.05) is 6.92 Å². The lowest BCUT2D eigenvalue weighted by Crippen LogP contribution is -2.23.